The second-order valence-corrected chi connectivity index (χ2v) is 7.73. The van der Waals surface area contributed by atoms with Gasteiger partial charge in [0.2, 0.25) is 0 Å². The number of nitrogens with one attached hydrogen (secondary N) is 1. The van der Waals surface area contributed by atoms with Crippen LogP contribution in [0.5, 0.6) is 5.75 Å². The molecule has 0 saturated heterocycles. The van der Waals surface area contributed by atoms with Gasteiger partial charge >= 0.3 is 0 Å². The van der Waals surface area contributed by atoms with Gasteiger partial charge in [0, 0.05) is 30.5 Å². The summed E-state index contributed by atoms with van der Waals surface area (Å²) in [7, 11) is 2.23. The highest BCUT2D eigenvalue weighted by Gasteiger charge is 2.18. The lowest BCUT2D eigenvalue weighted by Gasteiger charge is -2.31. The Balaban J connectivity index is 1.43. The van der Waals surface area contributed by atoms with Gasteiger partial charge in [-0.15, -0.1) is 0 Å². The summed E-state index contributed by atoms with van der Waals surface area (Å²) in [6, 6.07) is 12.4. The molecule has 1 saturated carbocycles. The fraction of sp³-hybridized carbons (Fsp3) is 0.478. The van der Waals surface area contributed by atoms with Crippen LogP contribution in [0, 0.1) is 0 Å². The molecule has 1 amide bonds. The number of rotatable bonds is 8. The van der Waals surface area contributed by atoms with Crippen LogP contribution in [0.15, 0.2) is 48.8 Å². The van der Waals surface area contributed by atoms with Gasteiger partial charge < -0.3 is 10.1 Å². The molecule has 1 N–H and O–H groups in total. The van der Waals surface area contributed by atoms with Crippen LogP contribution in [-0.2, 0) is 6.54 Å². The summed E-state index contributed by atoms with van der Waals surface area (Å²) in [4.78, 5) is 18.5. The summed E-state index contributed by atoms with van der Waals surface area (Å²) in [5, 5.41) is 2.89. The predicted molar refractivity (Wildman–Crippen MR) is 111 cm³/mol. The summed E-state index contributed by atoms with van der Waals surface area (Å²) < 4.78 is 5.94. The van der Waals surface area contributed by atoms with Gasteiger partial charge in [-0.1, -0.05) is 31.4 Å². The van der Waals surface area contributed by atoms with Crippen LogP contribution >= 0.6 is 0 Å². The number of aromatic nitrogens is 1. The van der Waals surface area contributed by atoms with Gasteiger partial charge in [0.15, 0.2) is 0 Å². The van der Waals surface area contributed by atoms with Crippen molar-refractivity contribution in [1.29, 1.82) is 0 Å². The molecule has 1 aromatic carbocycles. The average molecular weight is 382 g/mol. The van der Waals surface area contributed by atoms with E-state index in [9.17, 15) is 4.79 Å². The zero-order valence-electron chi connectivity index (χ0n) is 16.9. The maximum atomic E-state index is 12.1. The summed E-state index contributed by atoms with van der Waals surface area (Å²) in [6.45, 7) is 3.38. The van der Waals surface area contributed by atoms with E-state index in [1.54, 1.807) is 24.5 Å². The van der Waals surface area contributed by atoms with E-state index < -0.39 is 0 Å². The van der Waals surface area contributed by atoms with Gasteiger partial charge in [-0.3, -0.25) is 14.7 Å². The zero-order chi connectivity index (χ0) is 19.8. The van der Waals surface area contributed by atoms with Crippen molar-refractivity contribution in [2.75, 3.05) is 13.6 Å². The zero-order valence-corrected chi connectivity index (χ0v) is 16.9. The lowest BCUT2D eigenvalue weighted by atomic mass is 9.94. The first kappa shape index (κ1) is 20.3. The number of pyridine rings is 1. The topological polar surface area (TPSA) is 54.5 Å². The number of nitrogens with zero attached hydrogens (tertiary/aromatic N) is 2. The number of ether oxygens (including phenoxy) is 1. The molecular formula is C23H31N3O2. The number of carbonyl (C=O) groups is 1. The van der Waals surface area contributed by atoms with Crippen LogP contribution in [0.3, 0.4) is 0 Å². The standard InChI is InChI=1S/C23H31N3O2/c1-18(16-25-23(27)20-12-14-24-15-13-20)28-22-10-8-19(9-11-22)17-26(2)21-6-4-3-5-7-21/h8-15,18,21H,3-7,16-17H2,1-2H3,(H,25,27)/t18-/m0/s1. The minimum Gasteiger partial charge on any atom is -0.489 e. The number of hydrogen-bond donors (Lipinski definition) is 1. The van der Waals surface area contributed by atoms with E-state index in [4.69, 9.17) is 4.74 Å². The van der Waals surface area contributed by atoms with Crippen molar-refractivity contribution in [2.24, 2.45) is 0 Å². The summed E-state index contributed by atoms with van der Waals surface area (Å²) in [6.07, 6.45) is 9.86. The van der Waals surface area contributed by atoms with Crippen molar-refractivity contribution < 1.29 is 9.53 Å². The van der Waals surface area contributed by atoms with Gasteiger partial charge in [0.25, 0.3) is 5.91 Å². The third-order valence-electron chi connectivity index (χ3n) is 5.38. The Labute approximate surface area is 168 Å². The fourth-order valence-electron chi connectivity index (χ4n) is 3.73. The maximum absolute atomic E-state index is 12.1. The third kappa shape index (κ3) is 6.06. The van der Waals surface area contributed by atoms with E-state index in [1.807, 2.05) is 19.1 Å². The van der Waals surface area contributed by atoms with Crippen LogP contribution in [0.25, 0.3) is 0 Å². The van der Waals surface area contributed by atoms with Crippen LogP contribution in [0.4, 0.5) is 0 Å². The highest BCUT2D eigenvalue weighted by atomic mass is 16.5. The van der Waals surface area contributed by atoms with Crippen molar-refractivity contribution in [3.63, 3.8) is 0 Å². The first-order valence-electron chi connectivity index (χ1n) is 10.3. The highest BCUT2D eigenvalue weighted by Crippen LogP contribution is 2.23. The van der Waals surface area contributed by atoms with E-state index in [-0.39, 0.29) is 12.0 Å². The Morgan fingerprint density at radius 3 is 2.50 bits per heavy atom. The minimum atomic E-state index is -0.112. The SMILES string of the molecule is C[C@@H](CNC(=O)c1ccncc1)Oc1ccc(CN(C)C2CCCCC2)cc1. The van der Waals surface area contributed by atoms with Gasteiger partial charge in [-0.25, -0.2) is 0 Å². The monoisotopic (exact) mass is 381 g/mol. The van der Waals surface area contributed by atoms with Crippen molar-refractivity contribution in [1.82, 2.24) is 15.2 Å². The Bertz CT molecular complexity index is 727. The third-order valence-corrected chi connectivity index (χ3v) is 5.38. The van der Waals surface area contributed by atoms with Crippen LogP contribution < -0.4 is 10.1 Å². The number of amides is 1. The van der Waals surface area contributed by atoms with E-state index in [0.717, 1.165) is 12.3 Å². The lowest BCUT2D eigenvalue weighted by molar-refractivity contribution is 0.0932. The molecule has 150 valence electrons. The number of hydrogen-bond acceptors (Lipinski definition) is 4. The molecule has 0 unspecified atom stereocenters. The molecule has 1 atom stereocenters. The molecule has 5 nitrogen and oxygen atoms in total. The molecule has 1 aliphatic rings. The van der Waals surface area contributed by atoms with Gasteiger partial charge in [0.1, 0.15) is 11.9 Å². The quantitative estimate of drug-likeness (QED) is 0.750. The first-order chi connectivity index (χ1) is 13.6. The van der Waals surface area contributed by atoms with E-state index in [2.05, 4.69) is 34.4 Å². The van der Waals surface area contributed by atoms with Gasteiger partial charge in [-0.05, 0) is 56.6 Å². The molecule has 2 aromatic rings. The highest BCUT2D eigenvalue weighted by molar-refractivity contribution is 5.93. The van der Waals surface area contributed by atoms with Crippen molar-refractivity contribution in [2.45, 2.75) is 57.7 Å². The Hall–Kier alpha value is -2.40. The Morgan fingerprint density at radius 1 is 1.14 bits per heavy atom. The first-order valence-corrected chi connectivity index (χ1v) is 10.3. The van der Waals surface area contributed by atoms with Crippen molar-refractivity contribution in [3.8, 4) is 5.75 Å². The summed E-state index contributed by atoms with van der Waals surface area (Å²) in [5.74, 6) is 0.716. The largest absolute Gasteiger partial charge is 0.489 e. The molecule has 3 rings (SSSR count). The van der Waals surface area contributed by atoms with Gasteiger partial charge in [0.05, 0.1) is 6.54 Å². The number of carbonyl (C=O) groups excluding carboxylic acids is 1. The lowest BCUT2D eigenvalue weighted by Crippen LogP contribution is -2.33. The molecule has 0 bridgehead atoms. The van der Waals surface area contributed by atoms with E-state index >= 15 is 0 Å². The van der Waals surface area contributed by atoms with Crippen LogP contribution in [-0.4, -0.2) is 41.5 Å². The van der Waals surface area contributed by atoms with E-state index in [1.165, 1.54) is 37.7 Å². The predicted octanol–water partition coefficient (Wildman–Crippen LogP) is 4.04. The van der Waals surface area contributed by atoms with Crippen LogP contribution in [0.2, 0.25) is 0 Å². The maximum Gasteiger partial charge on any atom is 0.251 e. The summed E-state index contributed by atoms with van der Waals surface area (Å²) in [5.41, 5.74) is 1.91. The molecule has 0 radical (unpaired) electrons. The minimum absolute atomic E-state index is 0.110. The average Bonchev–Trinajstić information content (AvgIpc) is 2.74. The van der Waals surface area contributed by atoms with Crippen LogP contribution in [0.1, 0.15) is 54.9 Å². The molecule has 1 heterocycles. The Morgan fingerprint density at radius 2 is 1.82 bits per heavy atom. The molecule has 28 heavy (non-hydrogen) atoms. The van der Waals surface area contributed by atoms with Gasteiger partial charge in [-0.2, -0.15) is 0 Å². The molecule has 1 fully saturated rings. The summed E-state index contributed by atoms with van der Waals surface area (Å²) >= 11 is 0. The molecule has 0 spiro atoms. The molecule has 0 aliphatic heterocycles. The number of benzene rings is 1. The molecule has 1 aliphatic carbocycles. The fourth-order valence-corrected chi connectivity index (χ4v) is 3.73. The Kier molecular flexibility index (Phi) is 7.43. The normalized spacial score (nSPS) is 16.0. The van der Waals surface area contributed by atoms with Crippen molar-refractivity contribution >= 4 is 5.91 Å². The smallest absolute Gasteiger partial charge is 0.251 e. The van der Waals surface area contributed by atoms with Crippen molar-refractivity contribution in [3.05, 3.63) is 59.9 Å². The molecular weight excluding hydrogens is 350 g/mol. The second kappa shape index (κ2) is 10.2. The molecule has 5 heteroatoms. The van der Waals surface area contributed by atoms with E-state index in [0.29, 0.717) is 18.2 Å². The second-order valence-electron chi connectivity index (χ2n) is 7.73. The molecule has 1 aromatic heterocycles.